The van der Waals surface area contributed by atoms with Gasteiger partial charge in [0, 0.05) is 35.8 Å². The summed E-state index contributed by atoms with van der Waals surface area (Å²) in [6.07, 6.45) is 2.23. The third-order valence-electron chi connectivity index (χ3n) is 7.73. The van der Waals surface area contributed by atoms with E-state index in [0.717, 1.165) is 38.7 Å². The highest BCUT2D eigenvalue weighted by Crippen LogP contribution is 2.44. The Morgan fingerprint density at radius 2 is 1.40 bits per heavy atom. The van der Waals surface area contributed by atoms with Gasteiger partial charge in [-0.25, -0.2) is 4.79 Å². The Morgan fingerprint density at radius 3 is 2.09 bits per heavy atom. The van der Waals surface area contributed by atoms with Gasteiger partial charge in [0.15, 0.2) is 0 Å². The number of aromatic amines is 1. The van der Waals surface area contributed by atoms with Crippen molar-refractivity contribution in [1.82, 2.24) is 10.3 Å². The zero-order chi connectivity index (χ0) is 30.2. The van der Waals surface area contributed by atoms with E-state index < -0.39 is 31.2 Å². The molecule has 220 valence electrons. The van der Waals surface area contributed by atoms with Gasteiger partial charge in [0.25, 0.3) is 0 Å². The molecule has 5 aromatic rings. The number of nitrogens with one attached hydrogen (secondary N) is 2. The summed E-state index contributed by atoms with van der Waals surface area (Å²) in [6.45, 7) is 0. The highest BCUT2D eigenvalue weighted by molar-refractivity contribution is 7.58. The minimum absolute atomic E-state index is 0.0332. The van der Waals surface area contributed by atoms with E-state index in [4.69, 9.17) is 0 Å². The number of hydrogen-bond donors (Lipinski definition) is 4. The standard InChI is InChI=1S/C35H35N2O5P/c38-34(37-33(35(39)40)22-29-23-36-32-14-8-7-13-31(29)32)30(24-43(41,42)20-19-25-9-3-1-4-10-25)21-26-15-17-28(18-16-26)27-11-5-2-6-12-27/h1-18,23,30,33,36H,19-22,24H2,(H,37,38)(H,39,40)(H,41,42)/t30?,33-/m0/s1. The topological polar surface area (TPSA) is 119 Å². The molecule has 2 unspecified atom stereocenters. The van der Waals surface area contributed by atoms with Crippen molar-refractivity contribution in [2.24, 2.45) is 5.92 Å². The van der Waals surface area contributed by atoms with E-state index >= 15 is 0 Å². The van der Waals surface area contributed by atoms with Gasteiger partial charge in [-0.1, -0.05) is 103 Å². The van der Waals surface area contributed by atoms with Crippen LogP contribution in [-0.2, 0) is 33.4 Å². The Hall–Kier alpha value is -4.45. The van der Waals surface area contributed by atoms with Gasteiger partial charge in [0.05, 0.1) is 5.92 Å². The molecule has 5 rings (SSSR count). The summed E-state index contributed by atoms with van der Waals surface area (Å²) in [5, 5.41) is 13.6. The number of rotatable bonds is 13. The van der Waals surface area contributed by atoms with Crippen LogP contribution >= 0.6 is 7.37 Å². The molecule has 0 saturated heterocycles. The second-order valence-electron chi connectivity index (χ2n) is 10.9. The van der Waals surface area contributed by atoms with Gasteiger partial charge in [-0.2, -0.15) is 0 Å². The number of carbonyl (C=O) groups is 2. The van der Waals surface area contributed by atoms with Gasteiger partial charge >= 0.3 is 5.97 Å². The normalized spacial score (nSPS) is 14.1. The Balaban J connectivity index is 1.34. The van der Waals surface area contributed by atoms with Gasteiger partial charge in [0.1, 0.15) is 6.04 Å². The summed E-state index contributed by atoms with van der Waals surface area (Å²) in [7, 11) is -3.73. The van der Waals surface area contributed by atoms with Crippen LogP contribution in [0.3, 0.4) is 0 Å². The maximum absolute atomic E-state index is 13.7. The first-order valence-electron chi connectivity index (χ1n) is 14.3. The van der Waals surface area contributed by atoms with Crippen molar-refractivity contribution in [3.63, 3.8) is 0 Å². The number of aryl methyl sites for hydroxylation is 1. The maximum Gasteiger partial charge on any atom is 0.326 e. The maximum atomic E-state index is 13.7. The van der Waals surface area contributed by atoms with Crippen molar-refractivity contribution in [2.75, 3.05) is 12.3 Å². The minimum Gasteiger partial charge on any atom is -0.480 e. The quantitative estimate of drug-likeness (QED) is 0.119. The average molecular weight is 595 g/mol. The monoisotopic (exact) mass is 594 g/mol. The van der Waals surface area contributed by atoms with Crippen molar-refractivity contribution in [1.29, 1.82) is 0 Å². The number of fused-ring (bicyclic) bond motifs is 1. The molecule has 3 atom stereocenters. The van der Waals surface area contributed by atoms with Crippen LogP contribution in [0.2, 0.25) is 0 Å². The second-order valence-corrected chi connectivity index (χ2v) is 13.4. The number of benzene rings is 4. The molecule has 1 heterocycles. The fraction of sp³-hybridized carbons (Fsp3) is 0.200. The third-order valence-corrected chi connectivity index (χ3v) is 9.66. The van der Waals surface area contributed by atoms with Gasteiger partial charge in [-0.05, 0) is 46.7 Å². The van der Waals surface area contributed by atoms with E-state index in [2.05, 4.69) is 10.3 Å². The number of H-pyrrole nitrogens is 1. The van der Waals surface area contributed by atoms with Crippen molar-refractivity contribution in [2.45, 2.75) is 25.3 Å². The molecule has 1 amide bonds. The summed E-state index contributed by atoms with van der Waals surface area (Å²) in [5.41, 5.74) is 5.50. The molecule has 43 heavy (non-hydrogen) atoms. The fourth-order valence-electron chi connectivity index (χ4n) is 5.38. The lowest BCUT2D eigenvalue weighted by molar-refractivity contribution is -0.142. The highest BCUT2D eigenvalue weighted by atomic mass is 31.2. The summed E-state index contributed by atoms with van der Waals surface area (Å²) in [5.74, 6) is -2.60. The molecule has 1 aromatic heterocycles. The summed E-state index contributed by atoms with van der Waals surface area (Å²) >= 11 is 0. The first-order valence-corrected chi connectivity index (χ1v) is 16.4. The Bertz CT molecular complexity index is 1720. The molecule has 8 heteroatoms. The largest absolute Gasteiger partial charge is 0.480 e. The number of para-hydroxylation sites is 1. The van der Waals surface area contributed by atoms with E-state index in [1.54, 1.807) is 6.20 Å². The van der Waals surface area contributed by atoms with Gasteiger partial charge in [-0.3, -0.25) is 9.36 Å². The van der Waals surface area contributed by atoms with Crippen LogP contribution in [0.1, 0.15) is 16.7 Å². The van der Waals surface area contributed by atoms with Gasteiger partial charge in [-0.15, -0.1) is 0 Å². The van der Waals surface area contributed by atoms with Crippen molar-refractivity contribution < 1.29 is 24.2 Å². The van der Waals surface area contributed by atoms with Crippen molar-refractivity contribution in [3.05, 3.63) is 132 Å². The van der Waals surface area contributed by atoms with E-state index in [1.807, 2.05) is 109 Å². The Labute approximate surface area is 251 Å². The SMILES string of the molecule is O=C(N[C@@H](Cc1c[nH]c2ccccc12)C(=O)O)C(Cc1ccc(-c2ccccc2)cc1)CP(=O)(O)CCc1ccccc1. The van der Waals surface area contributed by atoms with Crippen molar-refractivity contribution >= 4 is 30.1 Å². The summed E-state index contributed by atoms with van der Waals surface area (Å²) in [6, 6.07) is 33.5. The Kier molecular flexibility index (Phi) is 9.55. The number of amides is 1. The smallest absolute Gasteiger partial charge is 0.326 e. The lowest BCUT2D eigenvalue weighted by atomic mass is 9.96. The fourth-order valence-corrected chi connectivity index (χ4v) is 7.16. The van der Waals surface area contributed by atoms with Gasteiger partial charge < -0.3 is 20.3 Å². The van der Waals surface area contributed by atoms with Crippen LogP contribution < -0.4 is 5.32 Å². The summed E-state index contributed by atoms with van der Waals surface area (Å²) < 4.78 is 13.4. The highest BCUT2D eigenvalue weighted by Gasteiger charge is 2.32. The Morgan fingerprint density at radius 1 is 0.767 bits per heavy atom. The zero-order valence-electron chi connectivity index (χ0n) is 23.7. The molecular formula is C35H35N2O5P. The minimum atomic E-state index is -3.73. The number of aliphatic carboxylic acids is 1. The number of aromatic nitrogens is 1. The van der Waals surface area contributed by atoms with Crippen LogP contribution in [0.4, 0.5) is 0 Å². The molecule has 0 saturated carbocycles. The predicted molar refractivity (Wildman–Crippen MR) is 170 cm³/mol. The molecule has 0 radical (unpaired) electrons. The zero-order valence-corrected chi connectivity index (χ0v) is 24.6. The number of carboxylic acids is 1. The van der Waals surface area contributed by atoms with E-state index in [0.29, 0.717) is 6.42 Å². The molecule has 0 fully saturated rings. The molecule has 4 aromatic carbocycles. The molecule has 0 bridgehead atoms. The first kappa shape index (κ1) is 30.0. The molecular weight excluding hydrogens is 559 g/mol. The van der Waals surface area contributed by atoms with Crippen LogP contribution in [-0.4, -0.2) is 45.2 Å². The summed E-state index contributed by atoms with van der Waals surface area (Å²) in [4.78, 5) is 40.1. The second kappa shape index (κ2) is 13.7. The molecule has 0 aliphatic heterocycles. The molecule has 0 spiro atoms. The molecule has 7 nitrogen and oxygen atoms in total. The lowest BCUT2D eigenvalue weighted by Crippen LogP contribution is -2.46. The number of carbonyl (C=O) groups excluding carboxylic acids is 1. The van der Waals surface area contributed by atoms with E-state index in [-0.39, 0.29) is 25.2 Å². The molecule has 0 aliphatic carbocycles. The van der Waals surface area contributed by atoms with Crippen LogP contribution in [0.25, 0.3) is 22.0 Å². The first-order chi connectivity index (χ1) is 20.8. The average Bonchev–Trinajstić information content (AvgIpc) is 3.43. The third kappa shape index (κ3) is 8.10. The number of carboxylic acid groups (broad SMARTS) is 1. The molecule has 4 N–H and O–H groups in total. The van der Waals surface area contributed by atoms with Crippen LogP contribution in [0.5, 0.6) is 0 Å². The lowest BCUT2D eigenvalue weighted by Gasteiger charge is -2.23. The van der Waals surface area contributed by atoms with E-state index in [1.165, 1.54) is 0 Å². The number of hydrogen-bond acceptors (Lipinski definition) is 3. The molecule has 0 aliphatic rings. The van der Waals surface area contributed by atoms with Crippen LogP contribution in [0, 0.1) is 5.92 Å². The van der Waals surface area contributed by atoms with Crippen molar-refractivity contribution in [3.8, 4) is 11.1 Å². The van der Waals surface area contributed by atoms with Crippen LogP contribution in [0.15, 0.2) is 115 Å². The predicted octanol–water partition coefficient (Wildman–Crippen LogP) is 6.32. The van der Waals surface area contributed by atoms with Gasteiger partial charge in [0.2, 0.25) is 13.3 Å². The van der Waals surface area contributed by atoms with E-state index in [9.17, 15) is 24.2 Å².